The van der Waals surface area contributed by atoms with E-state index < -0.39 is 11.9 Å². The van der Waals surface area contributed by atoms with Crippen molar-refractivity contribution < 1.29 is 13.5 Å². The Kier molecular flexibility index (Phi) is 5.54. The summed E-state index contributed by atoms with van der Waals surface area (Å²) in [6.45, 7) is 2.36. The van der Waals surface area contributed by atoms with Gasteiger partial charge in [-0.15, -0.1) is 0 Å². The number of para-hydroxylation sites is 1. The second kappa shape index (κ2) is 8.41. The Morgan fingerprint density at radius 1 is 0.966 bits per heavy atom. The summed E-state index contributed by atoms with van der Waals surface area (Å²) in [4.78, 5) is 13.3. The van der Waals surface area contributed by atoms with Crippen molar-refractivity contribution in [3.05, 3.63) is 106 Å². The smallest absolute Gasteiger partial charge is 0.200 e. The zero-order valence-corrected chi connectivity index (χ0v) is 16.1. The maximum absolute atomic E-state index is 13.9. The number of halogens is 1. The van der Waals surface area contributed by atoms with E-state index in [1.54, 1.807) is 30.3 Å². The average Bonchev–Trinajstić information content (AvgIpc) is 2.75. The van der Waals surface area contributed by atoms with Crippen LogP contribution in [0.15, 0.2) is 88.1 Å². The van der Waals surface area contributed by atoms with Crippen LogP contribution in [0.25, 0.3) is 22.1 Å². The van der Waals surface area contributed by atoms with Crippen LogP contribution < -0.4 is 5.43 Å². The molecule has 1 heterocycles. The van der Waals surface area contributed by atoms with E-state index in [2.05, 4.69) is 0 Å². The second-order valence-electron chi connectivity index (χ2n) is 6.87. The lowest BCUT2D eigenvalue weighted by molar-refractivity contribution is 0.0237. The summed E-state index contributed by atoms with van der Waals surface area (Å²) in [6, 6.07) is 22.9. The number of rotatable bonds is 6. The first-order chi connectivity index (χ1) is 14.2. The van der Waals surface area contributed by atoms with Gasteiger partial charge in [-0.3, -0.25) is 4.79 Å². The van der Waals surface area contributed by atoms with E-state index in [1.807, 2.05) is 43.3 Å². The Morgan fingerprint density at radius 2 is 1.72 bits per heavy atom. The molecule has 0 amide bonds. The molecular formula is C25H21FO3. The van der Waals surface area contributed by atoms with Crippen LogP contribution in [0.3, 0.4) is 0 Å². The van der Waals surface area contributed by atoms with Gasteiger partial charge in [-0.2, -0.15) is 0 Å². The van der Waals surface area contributed by atoms with Gasteiger partial charge in [0.05, 0.1) is 17.6 Å². The Bertz CT molecular complexity index is 1180. The van der Waals surface area contributed by atoms with Crippen LogP contribution in [0, 0.1) is 5.82 Å². The van der Waals surface area contributed by atoms with Crippen molar-refractivity contribution in [2.45, 2.75) is 26.1 Å². The highest BCUT2D eigenvalue weighted by atomic mass is 19.1. The van der Waals surface area contributed by atoms with Crippen molar-refractivity contribution in [2.24, 2.45) is 0 Å². The van der Waals surface area contributed by atoms with Crippen LogP contribution in [-0.4, -0.2) is 0 Å². The Morgan fingerprint density at radius 3 is 2.48 bits per heavy atom. The molecule has 0 saturated heterocycles. The van der Waals surface area contributed by atoms with Crippen LogP contribution >= 0.6 is 0 Å². The maximum Gasteiger partial charge on any atom is 0.200 e. The summed E-state index contributed by atoms with van der Waals surface area (Å²) in [5, 5.41) is 0.466. The summed E-state index contributed by atoms with van der Waals surface area (Å²) >= 11 is 0. The highest BCUT2D eigenvalue weighted by Crippen LogP contribution is 2.33. The highest BCUT2D eigenvalue weighted by Gasteiger charge is 2.23. The largest absolute Gasteiger partial charge is 0.457 e. The van der Waals surface area contributed by atoms with Crippen LogP contribution in [0.5, 0.6) is 0 Å². The standard InChI is InChI=1S/C25H21FO3/c1-2-21(28-16-17-9-4-3-5-10-17)25-23(18-11-8-12-19(26)15-18)24(27)20-13-6-7-14-22(20)29-25/h3-15,21H,2,16H2,1H3/t21-/m1/s1. The molecule has 146 valence electrons. The second-order valence-corrected chi connectivity index (χ2v) is 6.87. The summed E-state index contributed by atoms with van der Waals surface area (Å²) in [6.07, 6.45) is 0.168. The molecule has 4 rings (SSSR count). The van der Waals surface area contributed by atoms with Crippen LogP contribution in [-0.2, 0) is 11.3 Å². The van der Waals surface area contributed by atoms with E-state index in [9.17, 15) is 9.18 Å². The van der Waals surface area contributed by atoms with Gasteiger partial charge in [0, 0.05) is 0 Å². The fraction of sp³-hybridized carbons (Fsp3) is 0.160. The molecule has 0 aliphatic rings. The first-order valence-electron chi connectivity index (χ1n) is 9.64. The molecule has 0 N–H and O–H groups in total. The lowest BCUT2D eigenvalue weighted by Crippen LogP contribution is -2.14. The molecule has 0 spiro atoms. The van der Waals surface area contributed by atoms with Gasteiger partial charge in [0.2, 0.25) is 5.43 Å². The molecule has 0 unspecified atom stereocenters. The molecule has 3 aromatic carbocycles. The molecule has 1 aromatic heterocycles. The SMILES string of the molecule is CC[C@@H](OCc1ccccc1)c1oc2ccccc2c(=O)c1-c1cccc(F)c1. The minimum atomic E-state index is -0.439. The first-order valence-corrected chi connectivity index (χ1v) is 9.64. The average molecular weight is 388 g/mol. The summed E-state index contributed by atoms with van der Waals surface area (Å²) in [7, 11) is 0. The van der Waals surface area contributed by atoms with Gasteiger partial charge in [0.25, 0.3) is 0 Å². The van der Waals surface area contributed by atoms with Gasteiger partial charge >= 0.3 is 0 Å². The monoisotopic (exact) mass is 388 g/mol. The van der Waals surface area contributed by atoms with Gasteiger partial charge in [0.1, 0.15) is 23.3 Å². The predicted molar refractivity (Wildman–Crippen MR) is 112 cm³/mol. The molecule has 0 aliphatic heterocycles. The third kappa shape index (κ3) is 3.98. The van der Waals surface area contributed by atoms with Gasteiger partial charge in [-0.25, -0.2) is 4.39 Å². The lowest BCUT2D eigenvalue weighted by Gasteiger charge is -2.19. The van der Waals surface area contributed by atoms with Crippen LogP contribution in [0.2, 0.25) is 0 Å². The van der Waals surface area contributed by atoms with Gasteiger partial charge in [0.15, 0.2) is 0 Å². The summed E-state index contributed by atoms with van der Waals surface area (Å²) in [5.74, 6) is 0.0250. The van der Waals surface area contributed by atoms with E-state index in [1.165, 1.54) is 12.1 Å². The van der Waals surface area contributed by atoms with E-state index >= 15 is 0 Å². The Balaban J connectivity index is 1.84. The lowest BCUT2D eigenvalue weighted by atomic mass is 9.98. The van der Waals surface area contributed by atoms with E-state index in [4.69, 9.17) is 9.15 Å². The maximum atomic E-state index is 13.9. The van der Waals surface area contributed by atoms with Gasteiger partial charge in [-0.05, 0) is 41.8 Å². The van der Waals surface area contributed by atoms with Crippen molar-refractivity contribution in [2.75, 3.05) is 0 Å². The molecule has 4 aromatic rings. The van der Waals surface area contributed by atoms with Crippen LogP contribution in [0.1, 0.15) is 30.8 Å². The highest BCUT2D eigenvalue weighted by molar-refractivity contribution is 5.82. The molecule has 0 fully saturated rings. The molecule has 29 heavy (non-hydrogen) atoms. The quantitative estimate of drug-likeness (QED) is 0.391. The number of hydrogen-bond donors (Lipinski definition) is 0. The Hall–Kier alpha value is -3.24. The number of fused-ring (bicyclic) bond motifs is 1. The molecule has 1 atom stereocenters. The van der Waals surface area contributed by atoms with Crippen molar-refractivity contribution in [1.29, 1.82) is 0 Å². The normalized spacial score (nSPS) is 12.2. The Labute approximate surface area is 168 Å². The minimum Gasteiger partial charge on any atom is -0.457 e. The van der Waals surface area contributed by atoms with Crippen molar-refractivity contribution in [1.82, 2.24) is 0 Å². The minimum absolute atomic E-state index is 0.186. The van der Waals surface area contributed by atoms with Gasteiger partial charge < -0.3 is 9.15 Å². The topological polar surface area (TPSA) is 39.4 Å². The number of benzene rings is 3. The van der Waals surface area contributed by atoms with Crippen molar-refractivity contribution in [3.63, 3.8) is 0 Å². The van der Waals surface area contributed by atoms with Gasteiger partial charge in [-0.1, -0.05) is 61.5 Å². The molecule has 0 bridgehead atoms. The van der Waals surface area contributed by atoms with E-state index in [0.717, 1.165) is 5.56 Å². The fourth-order valence-corrected chi connectivity index (χ4v) is 3.45. The van der Waals surface area contributed by atoms with E-state index in [-0.39, 0.29) is 5.43 Å². The third-order valence-corrected chi connectivity index (χ3v) is 4.90. The van der Waals surface area contributed by atoms with E-state index in [0.29, 0.717) is 40.9 Å². The van der Waals surface area contributed by atoms with Crippen LogP contribution in [0.4, 0.5) is 4.39 Å². The molecule has 4 heteroatoms. The third-order valence-electron chi connectivity index (χ3n) is 4.90. The molecule has 0 saturated carbocycles. The predicted octanol–water partition coefficient (Wildman–Crippen LogP) is 6.27. The summed E-state index contributed by atoms with van der Waals surface area (Å²) < 4.78 is 26.2. The number of ether oxygens (including phenoxy) is 1. The molecule has 0 radical (unpaired) electrons. The molecule has 0 aliphatic carbocycles. The zero-order valence-electron chi connectivity index (χ0n) is 16.1. The molecule has 3 nitrogen and oxygen atoms in total. The fourth-order valence-electron chi connectivity index (χ4n) is 3.45. The van der Waals surface area contributed by atoms with Crippen molar-refractivity contribution >= 4 is 11.0 Å². The number of hydrogen-bond acceptors (Lipinski definition) is 3. The summed E-state index contributed by atoms with van der Waals surface area (Å²) in [5.41, 5.74) is 2.18. The molecular weight excluding hydrogens is 367 g/mol. The zero-order chi connectivity index (χ0) is 20.2. The van der Waals surface area contributed by atoms with Crippen molar-refractivity contribution in [3.8, 4) is 11.1 Å². The first kappa shape index (κ1) is 19.1.